The van der Waals surface area contributed by atoms with Gasteiger partial charge in [0, 0.05) is 18.5 Å². The van der Waals surface area contributed by atoms with E-state index >= 15 is 0 Å². The highest BCUT2D eigenvalue weighted by Gasteiger charge is 2.41. The van der Waals surface area contributed by atoms with Crippen LogP contribution in [0.3, 0.4) is 0 Å². The van der Waals surface area contributed by atoms with Crippen LogP contribution < -0.4 is 4.74 Å². The lowest BCUT2D eigenvalue weighted by Gasteiger charge is -2.39. The molecule has 1 saturated carbocycles. The van der Waals surface area contributed by atoms with Crippen molar-refractivity contribution in [1.29, 1.82) is 0 Å². The van der Waals surface area contributed by atoms with Gasteiger partial charge in [-0.1, -0.05) is 72.8 Å². The van der Waals surface area contributed by atoms with Crippen molar-refractivity contribution >= 4 is 11.9 Å². The van der Waals surface area contributed by atoms with E-state index in [-0.39, 0.29) is 19.1 Å². The number of carbonyl (C=O) groups is 2. The zero-order valence-corrected chi connectivity index (χ0v) is 19.8. The zero-order valence-electron chi connectivity index (χ0n) is 19.8. The van der Waals surface area contributed by atoms with E-state index in [1.54, 1.807) is 12.1 Å². The van der Waals surface area contributed by atoms with Crippen LogP contribution in [0.5, 0.6) is 5.75 Å². The molecule has 0 saturated heterocycles. The normalized spacial score (nSPS) is 21.7. The van der Waals surface area contributed by atoms with E-state index in [2.05, 4.69) is 0 Å². The fourth-order valence-corrected chi connectivity index (χ4v) is 4.81. The molecule has 186 valence electrons. The quantitative estimate of drug-likeness (QED) is 0.501. The molecule has 1 aliphatic heterocycles. The second kappa shape index (κ2) is 10.5. The number of carboxylic acid groups (broad SMARTS) is 1. The summed E-state index contributed by atoms with van der Waals surface area (Å²) >= 11 is 0. The summed E-state index contributed by atoms with van der Waals surface area (Å²) in [6.45, 7) is 0.516. The van der Waals surface area contributed by atoms with E-state index < -0.39 is 30.1 Å². The molecule has 0 spiro atoms. The van der Waals surface area contributed by atoms with Crippen molar-refractivity contribution in [3.05, 3.63) is 101 Å². The maximum Gasteiger partial charge on any atom is 0.326 e. The highest BCUT2D eigenvalue weighted by Crippen LogP contribution is 2.36. The third-order valence-electron chi connectivity index (χ3n) is 6.87. The molecule has 3 aromatic carbocycles. The summed E-state index contributed by atoms with van der Waals surface area (Å²) in [5, 5.41) is 19.8. The summed E-state index contributed by atoms with van der Waals surface area (Å²) < 4.78 is 12.2. The maximum absolute atomic E-state index is 13.8. The molecule has 0 bridgehead atoms. The summed E-state index contributed by atoms with van der Waals surface area (Å²) in [5.41, 5.74) is 3.35. The van der Waals surface area contributed by atoms with E-state index in [1.807, 2.05) is 66.7 Å². The highest BCUT2D eigenvalue weighted by atomic mass is 16.5. The average Bonchev–Trinajstić information content (AvgIpc) is 2.89. The number of aliphatic carboxylic acids is 1. The first-order chi connectivity index (χ1) is 17.5. The van der Waals surface area contributed by atoms with Gasteiger partial charge in [-0.2, -0.15) is 0 Å². The van der Waals surface area contributed by atoms with Gasteiger partial charge in [-0.15, -0.1) is 0 Å². The zero-order chi connectivity index (χ0) is 25.1. The van der Waals surface area contributed by atoms with Gasteiger partial charge in [0.15, 0.2) is 6.10 Å². The molecule has 1 amide bonds. The van der Waals surface area contributed by atoms with Gasteiger partial charge in [0.1, 0.15) is 18.4 Å². The molecular weight excluding hydrogens is 458 g/mol. The van der Waals surface area contributed by atoms with Crippen LogP contribution in [0.2, 0.25) is 0 Å². The third kappa shape index (κ3) is 5.12. The number of hydrogen-bond acceptors (Lipinski definition) is 5. The number of nitrogens with zero attached hydrogens (tertiary/aromatic N) is 1. The van der Waals surface area contributed by atoms with Crippen molar-refractivity contribution in [3.8, 4) is 5.75 Å². The number of hydrogen-bond donors (Lipinski definition) is 2. The number of aliphatic hydroxyl groups excluding tert-OH is 1. The minimum Gasteiger partial charge on any atom is -0.489 e. The van der Waals surface area contributed by atoms with E-state index in [1.165, 1.54) is 4.90 Å². The van der Waals surface area contributed by atoms with Crippen molar-refractivity contribution in [3.63, 3.8) is 0 Å². The van der Waals surface area contributed by atoms with Gasteiger partial charge in [-0.05, 0) is 35.6 Å². The second-order valence-electron chi connectivity index (χ2n) is 9.37. The largest absolute Gasteiger partial charge is 0.489 e. The van der Waals surface area contributed by atoms with Crippen LogP contribution in [0.25, 0.3) is 0 Å². The molecule has 2 atom stereocenters. The summed E-state index contributed by atoms with van der Waals surface area (Å²) in [4.78, 5) is 27.6. The lowest BCUT2D eigenvalue weighted by molar-refractivity contribution is -0.167. The van der Waals surface area contributed by atoms with E-state index in [4.69, 9.17) is 9.47 Å². The Morgan fingerprint density at radius 2 is 1.64 bits per heavy atom. The summed E-state index contributed by atoms with van der Waals surface area (Å²) in [6, 6.07) is 23.5. The molecule has 1 aliphatic carbocycles. The first kappa shape index (κ1) is 24.0. The Hall–Kier alpha value is -3.68. The van der Waals surface area contributed by atoms with Crippen LogP contribution in [0.1, 0.15) is 41.2 Å². The van der Waals surface area contributed by atoms with Gasteiger partial charge in [-0.25, -0.2) is 4.79 Å². The van der Waals surface area contributed by atoms with Gasteiger partial charge in [0.2, 0.25) is 0 Å². The first-order valence-electron chi connectivity index (χ1n) is 12.2. The fraction of sp³-hybridized carbons (Fsp3) is 0.310. The fourth-order valence-electron chi connectivity index (χ4n) is 4.81. The van der Waals surface area contributed by atoms with E-state index in [0.717, 1.165) is 16.7 Å². The summed E-state index contributed by atoms with van der Waals surface area (Å²) in [7, 11) is 0. The lowest BCUT2D eigenvalue weighted by Crippen LogP contribution is -2.51. The Morgan fingerprint density at radius 3 is 2.31 bits per heavy atom. The Kier molecular flexibility index (Phi) is 7.02. The number of aliphatic hydroxyl groups is 1. The van der Waals surface area contributed by atoms with Crippen molar-refractivity contribution in [2.75, 3.05) is 0 Å². The molecule has 0 radical (unpaired) electrons. The number of rotatable bonds is 8. The number of carboxylic acids is 1. The molecule has 5 rings (SSSR count). The van der Waals surface area contributed by atoms with Gasteiger partial charge >= 0.3 is 5.97 Å². The molecule has 36 heavy (non-hydrogen) atoms. The Bertz CT molecular complexity index is 1210. The predicted octanol–water partition coefficient (Wildman–Crippen LogP) is 3.88. The van der Waals surface area contributed by atoms with Crippen LogP contribution in [0.4, 0.5) is 0 Å². The highest BCUT2D eigenvalue weighted by molar-refractivity contribution is 5.88. The summed E-state index contributed by atoms with van der Waals surface area (Å²) in [6.07, 6.45) is -0.541. The number of ether oxygens (including phenoxy) is 2. The molecule has 1 heterocycles. The van der Waals surface area contributed by atoms with Crippen LogP contribution in [-0.4, -0.2) is 45.2 Å². The van der Waals surface area contributed by atoms with Crippen LogP contribution in [0.15, 0.2) is 78.9 Å². The van der Waals surface area contributed by atoms with Crippen LogP contribution >= 0.6 is 0 Å². The lowest BCUT2D eigenvalue weighted by atomic mass is 9.90. The van der Waals surface area contributed by atoms with Gasteiger partial charge in [0.05, 0.1) is 12.2 Å². The standard InChI is InChI=1S/C29H29NO6/c31-22-14-23(15-22)36-27(20-10-5-2-6-11-20)28(32)30-17-21-12-7-13-26(24(21)16-25(30)29(33)34)35-18-19-8-3-1-4-9-19/h1-13,22-23,25,27,31H,14-18H2,(H,33,34)/t22-,23+,25-,27+/m0/s1. The maximum atomic E-state index is 13.8. The van der Waals surface area contributed by atoms with Crippen molar-refractivity contribution in [1.82, 2.24) is 4.90 Å². The smallest absolute Gasteiger partial charge is 0.326 e. The van der Waals surface area contributed by atoms with E-state index in [0.29, 0.717) is 30.8 Å². The molecule has 1 fully saturated rings. The Balaban J connectivity index is 1.40. The number of benzene rings is 3. The Labute approximate surface area is 209 Å². The molecule has 3 aromatic rings. The van der Waals surface area contributed by atoms with Crippen LogP contribution in [0, 0.1) is 0 Å². The predicted molar refractivity (Wildman–Crippen MR) is 132 cm³/mol. The number of carbonyl (C=O) groups excluding carboxylic acids is 1. The van der Waals surface area contributed by atoms with Crippen molar-refractivity contribution < 1.29 is 29.3 Å². The molecular formula is C29H29NO6. The second-order valence-corrected chi connectivity index (χ2v) is 9.37. The SMILES string of the molecule is O=C(O)[C@@H]1Cc2c(cccc2OCc2ccccc2)CN1C(=O)[C@H](O[C@H]1C[C@@H](O)C1)c1ccccc1. The van der Waals surface area contributed by atoms with Crippen molar-refractivity contribution in [2.45, 2.75) is 56.8 Å². The summed E-state index contributed by atoms with van der Waals surface area (Å²) in [5.74, 6) is -0.831. The van der Waals surface area contributed by atoms with Gasteiger partial charge in [-0.3, -0.25) is 4.79 Å². The molecule has 0 aromatic heterocycles. The van der Waals surface area contributed by atoms with Crippen LogP contribution in [-0.2, 0) is 33.9 Å². The average molecular weight is 488 g/mol. The molecule has 2 aliphatic rings. The minimum absolute atomic E-state index is 0.144. The molecule has 0 unspecified atom stereocenters. The van der Waals surface area contributed by atoms with Gasteiger partial charge in [0.25, 0.3) is 5.91 Å². The third-order valence-corrected chi connectivity index (χ3v) is 6.87. The minimum atomic E-state index is -1.07. The molecule has 2 N–H and O–H groups in total. The molecule has 7 nitrogen and oxygen atoms in total. The first-order valence-corrected chi connectivity index (χ1v) is 12.2. The number of amides is 1. The topological polar surface area (TPSA) is 96.3 Å². The van der Waals surface area contributed by atoms with E-state index in [9.17, 15) is 19.8 Å². The molecule has 7 heteroatoms. The Morgan fingerprint density at radius 1 is 0.944 bits per heavy atom. The monoisotopic (exact) mass is 487 g/mol. The number of fused-ring (bicyclic) bond motifs is 1. The van der Waals surface area contributed by atoms with Gasteiger partial charge < -0.3 is 24.6 Å². The van der Waals surface area contributed by atoms with Crippen molar-refractivity contribution in [2.24, 2.45) is 0 Å².